The second-order valence-electron chi connectivity index (χ2n) is 4.28. The Morgan fingerprint density at radius 3 is 2.00 bits per heavy atom. The molecule has 0 unspecified atom stereocenters. The lowest BCUT2D eigenvalue weighted by Gasteiger charge is -2.25. The third-order valence-corrected chi connectivity index (χ3v) is 4.38. The fourth-order valence-corrected chi connectivity index (χ4v) is 3.80. The summed E-state index contributed by atoms with van der Waals surface area (Å²) in [6.07, 6.45) is 5.95. The molecule has 2 heterocycles. The Kier molecular flexibility index (Phi) is 1.78. The van der Waals surface area contributed by atoms with Gasteiger partial charge in [-0.3, -0.25) is 0 Å². The van der Waals surface area contributed by atoms with Crippen LogP contribution < -0.4 is 10.9 Å². The quantitative estimate of drug-likeness (QED) is 0.557. The van der Waals surface area contributed by atoms with Gasteiger partial charge in [0.25, 0.3) is 0 Å². The van der Waals surface area contributed by atoms with E-state index in [0.29, 0.717) is 13.4 Å². The maximum absolute atomic E-state index is 2.40. The highest BCUT2D eigenvalue weighted by Crippen LogP contribution is 2.27. The lowest BCUT2D eigenvalue weighted by molar-refractivity contribution is 1.44. The van der Waals surface area contributed by atoms with Crippen LogP contribution in [0.2, 0.25) is 13.6 Å². The van der Waals surface area contributed by atoms with Gasteiger partial charge in [0.05, 0.1) is 0 Å². The molecule has 0 spiro atoms. The second-order valence-corrected chi connectivity index (χ2v) is 5.02. The molecule has 0 N–H and O–H groups in total. The van der Waals surface area contributed by atoms with Crippen LogP contribution in [0.4, 0.5) is 0 Å². The lowest BCUT2D eigenvalue weighted by Crippen LogP contribution is -2.52. The molecular formula is C11H12B2S. The Balaban J connectivity index is 2.23. The van der Waals surface area contributed by atoms with Crippen LogP contribution in [0.1, 0.15) is 6.42 Å². The summed E-state index contributed by atoms with van der Waals surface area (Å²) in [4.78, 5) is 0. The molecule has 0 atom stereocenters. The van der Waals surface area contributed by atoms with Gasteiger partial charge >= 0.3 is 0 Å². The summed E-state index contributed by atoms with van der Waals surface area (Å²) in [7, 11) is 0. The maximum atomic E-state index is 2.40. The summed E-state index contributed by atoms with van der Waals surface area (Å²) in [5, 5.41) is 4.65. The van der Waals surface area contributed by atoms with Crippen molar-refractivity contribution in [2.75, 3.05) is 0 Å². The van der Waals surface area contributed by atoms with Crippen LogP contribution in [-0.4, -0.2) is 13.4 Å². The van der Waals surface area contributed by atoms with Crippen LogP contribution in [0.25, 0.3) is 0 Å². The predicted octanol–water partition coefficient (Wildman–Crippen LogP) is 1.76. The monoisotopic (exact) mass is 198 g/mol. The van der Waals surface area contributed by atoms with Crippen molar-refractivity contribution < 1.29 is 0 Å². The van der Waals surface area contributed by atoms with Gasteiger partial charge in [-0.1, -0.05) is 47.7 Å². The van der Waals surface area contributed by atoms with Crippen LogP contribution in [0.15, 0.2) is 33.9 Å². The van der Waals surface area contributed by atoms with E-state index in [1.165, 1.54) is 0 Å². The number of thiophene rings is 1. The molecule has 14 heavy (non-hydrogen) atoms. The molecule has 1 aliphatic carbocycles. The van der Waals surface area contributed by atoms with Gasteiger partial charge in [0.15, 0.2) is 0 Å². The van der Waals surface area contributed by atoms with Crippen LogP contribution >= 0.6 is 11.3 Å². The zero-order valence-corrected chi connectivity index (χ0v) is 9.40. The Morgan fingerprint density at radius 2 is 1.50 bits per heavy atom. The number of fused-ring (bicyclic) bond motifs is 2. The molecule has 68 valence electrons. The first-order valence-electron chi connectivity index (χ1n) is 5.25. The summed E-state index contributed by atoms with van der Waals surface area (Å²) in [5.74, 6) is 0. The van der Waals surface area contributed by atoms with Gasteiger partial charge in [0, 0.05) is 0 Å². The Hall–Kier alpha value is -0.690. The standard InChI is InChI=1S/C11H12B2S/c1-12-8-4-3-5-9(8)13(2)11-7-14-6-10(11)12/h4-7H,3H2,1-2H3. The van der Waals surface area contributed by atoms with E-state index >= 15 is 0 Å². The molecule has 3 heteroatoms. The molecule has 0 saturated heterocycles. The molecule has 0 bridgehead atoms. The summed E-state index contributed by atoms with van der Waals surface area (Å²) in [6, 6.07) is 0. The van der Waals surface area contributed by atoms with E-state index in [0.717, 1.165) is 6.42 Å². The van der Waals surface area contributed by atoms with E-state index in [4.69, 9.17) is 0 Å². The van der Waals surface area contributed by atoms with E-state index in [-0.39, 0.29) is 0 Å². The molecule has 1 aromatic rings. The van der Waals surface area contributed by atoms with E-state index in [1.54, 1.807) is 21.9 Å². The third-order valence-electron chi connectivity index (χ3n) is 3.60. The van der Waals surface area contributed by atoms with Gasteiger partial charge < -0.3 is 0 Å². The molecule has 0 amide bonds. The van der Waals surface area contributed by atoms with Crippen molar-refractivity contribution in [3.63, 3.8) is 0 Å². The summed E-state index contributed by atoms with van der Waals surface area (Å²) in [6.45, 7) is 5.92. The first-order valence-corrected chi connectivity index (χ1v) is 6.19. The molecule has 2 aliphatic rings. The minimum absolute atomic E-state index is 0.626. The molecule has 3 rings (SSSR count). The van der Waals surface area contributed by atoms with Crippen molar-refractivity contribution in [2.45, 2.75) is 20.1 Å². The Morgan fingerprint density at radius 1 is 1.00 bits per heavy atom. The number of rotatable bonds is 0. The van der Waals surface area contributed by atoms with Crippen molar-refractivity contribution in [3.8, 4) is 0 Å². The van der Waals surface area contributed by atoms with Crippen molar-refractivity contribution in [1.29, 1.82) is 0 Å². The highest BCUT2D eigenvalue weighted by molar-refractivity contribution is 7.13. The predicted molar refractivity (Wildman–Crippen MR) is 67.6 cm³/mol. The minimum atomic E-state index is 0.626. The zero-order chi connectivity index (χ0) is 9.71. The van der Waals surface area contributed by atoms with Crippen molar-refractivity contribution in [1.82, 2.24) is 0 Å². The van der Waals surface area contributed by atoms with Crippen LogP contribution in [0.5, 0.6) is 0 Å². The molecule has 0 fully saturated rings. The number of allylic oxidation sites excluding steroid dienone is 4. The first kappa shape index (κ1) is 8.60. The Labute approximate surface area is 89.9 Å². The lowest BCUT2D eigenvalue weighted by atomic mass is 9.24. The van der Waals surface area contributed by atoms with Crippen LogP contribution in [0.3, 0.4) is 0 Å². The average Bonchev–Trinajstić information content (AvgIpc) is 2.82. The maximum Gasteiger partial charge on any atom is 0.205 e. The highest BCUT2D eigenvalue weighted by Gasteiger charge is 2.35. The minimum Gasteiger partial charge on any atom is -0.154 e. The summed E-state index contributed by atoms with van der Waals surface area (Å²) < 4.78 is 0. The fraction of sp³-hybridized carbons (Fsp3) is 0.273. The van der Waals surface area contributed by atoms with Crippen molar-refractivity contribution >= 4 is 35.7 Å². The second kappa shape index (κ2) is 2.90. The third kappa shape index (κ3) is 0.964. The molecule has 0 radical (unpaired) electrons. The molecule has 0 aromatic carbocycles. The molecule has 0 nitrogen and oxygen atoms in total. The van der Waals surface area contributed by atoms with E-state index in [1.807, 2.05) is 11.3 Å². The first-order chi connectivity index (χ1) is 6.79. The van der Waals surface area contributed by atoms with Gasteiger partial charge in [0.1, 0.15) is 0 Å². The van der Waals surface area contributed by atoms with Crippen molar-refractivity contribution in [2.24, 2.45) is 0 Å². The van der Waals surface area contributed by atoms with Gasteiger partial charge in [-0.05, 0) is 17.2 Å². The normalized spacial score (nSPS) is 19.0. The number of hydrogen-bond donors (Lipinski definition) is 0. The molecule has 1 aliphatic heterocycles. The van der Waals surface area contributed by atoms with Crippen molar-refractivity contribution in [3.05, 3.63) is 33.9 Å². The summed E-state index contributed by atoms with van der Waals surface area (Å²) >= 11 is 1.85. The van der Waals surface area contributed by atoms with E-state index in [9.17, 15) is 0 Å². The molecule has 1 aromatic heterocycles. The summed E-state index contributed by atoms with van der Waals surface area (Å²) in [5.41, 5.74) is 6.30. The Bertz CT molecular complexity index is 403. The average molecular weight is 198 g/mol. The van der Waals surface area contributed by atoms with Gasteiger partial charge in [-0.25, -0.2) is 0 Å². The zero-order valence-electron chi connectivity index (χ0n) is 8.58. The van der Waals surface area contributed by atoms with Crippen LogP contribution in [0, 0.1) is 0 Å². The fourth-order valence-electron chi connectivity index (χ4n) is 2.76. The van der Waals surface area contributed by atoms with Gasteiger partial charge in [-0.2, -0.15) is 11.3 Å². The van der Waals surface area contributed by atoms with Gasteiger partial charge in [0.2, 0.25) is 13.4 Å². The number of hydrogen-bond acceptors (Lipinski definition) is 1. The van der Waals surface area contributed by atoms with Crippen LogP contribution in [-0.2, 0) is 0 Å². The van der Waals surface area contributed by atoms with E-state index in [2.05, 4.69) is 36.6 Å². The largest absolute Gasteiger partial charge is 0.205 e. The topological polar surface area (TPSA) is 0 Å². The smallest absolute Gasteiger partial charge is 0.154 e. The SMILES string of the molecule is CB1C2=CCC=C2B(C)c2cscc21. The molecular weight excluding hydrogens is 186 g/mol. The van der Waals surface area contributed by atoms with E-state index < -0.39 is 0 Å². The highest BCUT2D eigenvalue weighted by atomic mass is 32.1. The van der Waals surface area contributed by atoms with Gasteiger partial charge in [-0.15, -0.1) is 0 Å². The molecule has 0 saturated carbocycles.